The van der Waals surface area contributed by atoms with Crippen LogP contribution in [0.2, 0.25) is 0 Å². The van der Waals surface area contributed by atoms with Gasteiger partial charge in [0.05, 0.1) is 13.3 Å². The third-order valence-corrected chi connectivity index (χ3v) is 3.98. The van der Waals surface area contributed by atoms with Crippen molar-refractivity contribution in [2.75, 3.05) is 19.5 Å². The molecule has 1 atom stereocenters. The van der Waals surface area contributed by atoms with Crippen molar-refractivity contribution >= 4 is 11.6 Å². The van der Waals surface area contributed by atoms with E-state index in [1.807, 2.05) is 54.7 Å². The molecule has 6 heteroatoms. The minimum atomic E-state index is -0.510. The van der Waals surface area contributed by atoms with E-state index in [9.17, 15) is 4.79 Å². The number of anilines is 1. The Labute approximate surface area is 146 Å². The van der Waals surface area contributed by atoms with Crippen LogP contribution in [0.3, 0.4) is 0 Å². The molecular weight excluding hydrogens is 316 g/mol. The van der Waals surface area contributed by atoms with Crippen LogP contribution in [0, 0.1) is 0 Å². The number of H-pyrrole nitrogens is 1. The lowest BCUT2D eigenvalue weighted by molar-refractivity contribution is -0.118. The smallest absolute Gasteiger partial charge is 0.246 e. The highest BCUT2D eigenvalue weighted by Gasteiger charge is 2.22. The fraction of sp³-hybridized carbons (Fsp3) is 0.158. The molecule has 0 aliphatic carbocycles. The summed E-state index contributed by atoms with van der Waals surface area (Å²) in [6, 6.07) is 14.6. The summed E-state index contributed by atoms with van der Waals surface area (Å²) in [5, 5.41) is 12.7. The van der Waals surface area contributed by atoms with Crippen LogP contribution in [-0.4, -0.2) is 30.3 Å². The van der Waals surface area contributed by atoms with Gasteiger partial charge in [-0.2, -0.15) is 5.10 Å². The number of amides is 1. The first-order chi connectivity index (χ1) is 12.2. The first-order valence-corrected chi connectivity index (χ1v) is 7.93. The number of likely N-dealkylation sites (N-methyl/N-ethyl adjacent to an activating group) is 1. The monoisotopic (exact) mass is 336 g/mol. The van der Waals surface area contributed by atoms with Gasteiger partial charge < -0.3 is 15.4 Å². The number of aromatic nitrogens is 2. The van der Waals surface area contributed by atoms with E-state index in [-0.39, 0.29) is 5.91 Å². The Hall–Kier alpha value is -3.12. The summed E-state index contributed by atoms with van der Waals surface area (Å²) in [5.41, 5.74) is 3.55. The number of nitrogens with one attached hydrogen (secondary N) is 3. The standard InChI is InChI=1S/C19H20N4O2/c1-20-18(16-5-3-4-6-17(16)25-2)19(24)23-15-9-7-13(8-10-15)14-11-21-22-12-14/h3-12,18,20H,1-2H3,(H,21,22)(H,23,24). The summed E-state index contributed by atoms with van der Waals surface area (Å²) in [4.78, 5) is 12.7. The zero-order chi connectivity index (χ0) is 17.6. The Morgan fingerprint density at radius 1 is 1.12 bits per heavy atom. The molecule has 0 spiro atoms. The lowest BCUT2D eigenvalue weighted by Gasteiger charge is -2.19. The molecule has 0 aliphatic heterocycles. The Kier molecular flexibility index (Phi) is 5.11. The maximum atomic E-state index is 12.7. The van der Waals surface area contributed by atoms with Crippen LogP contribution in [0.4, 0.5) is 5.69 Å². The number of carbonyl (C=O) groups is 1. The van der Waals surface area contributed by atoms with Gasteiger partial charge in [-0.3, -0.25) is 9.89 Å². The van der Waals surface area contributed by atoms with Gasteiger partial charge in [0.15, 0.2) is 0 Å². The van der Waals surface area contributed by atoms with Crippen molar-refractivity contribution in [1.82, 2.24) is 15.5 Å². The van der Waals surface area contributed by atoms with E-state index in [1.165, 1.54) is 0 Å². The lowest BCUT2D eigenvalue weighted by Crippen LogP contribution is -2.31. The summed E-state index contributed by atoms with van der Waals surface area (Å²) in [7, 11) is 3.34. The van der Waals surface area contributed by atoms with E-state index >= 15 is 0 Å². The molecule has 0 radical (unpaired) electrons. The molecule has 1 aromatic heterocycles. The van der Waals surface area contributed by atoms with E-state index in [0.29, 0.717) is 5.75 Å². The van der Waals surface area contributed by atoms with Crippen LogP contribution >= 0.6 is 0 Å². The topological polar surface area (TPSA) is 79.0 Å². The van der Waals surface area contributed by atoms with E-state index in [0.717, 1.165) is 22.4 Å². The molecule has 0 bridgehead atoms. The molecule has 0 saturated heterocycles. The number of hydrogen-bond acceptors (Lipinski definition) is 4. The predicted octanol–water partition coefficient (Wildman–Crippen LogP) is 2.98. The van der Waals surface area contributed by atoms with Crippen LogP contribution in [0.1, 0.15) is 11.6 Å². The molecule has 0 saturated carbocycles. The van der Waals surface area contributed by atoms with E-state index in [2.05, 4.69) is 20.8 Å². The third kappa shape index (κ3) is 3.70. The van der Waals surface area contributed by atoms with Crippen LogP contribution in [0.25, 0.3) is 11.1 Å². The second-order valence-electron chi connectivity index (χ2n) is 5.52. The number of para-hydroxylation sites is 1. The van der Waals surface area contributed by atoms with Gasteiger partial charge >= 0.3 is 0 Å². The third-order valence-electron chi connectivity index (χ3n) is 3.98. The maximum absolute atomic E-state index is 12.7. The number of carbonyl (C=O) groups excluding carboxylic acids is 1. The number of nitrogens with zero attached hydrogens (tertiary/aromatic N) is 1. The second-order valence-corrected chi connectivity index (χ2v) is 5.52. The molecule has 25 heavy (non-hydrogen) atoms. The van der Waals surface area contributed by atoms with Gasteiger partial charge in [-0.15, -0.1) is 0 Å². The minimum absolute atomic E-state index is 0.150. The van der Waals surface area contributed by atoms with Crippen LogP contribution in [0.15, 0.2) is 60.9 Å². The summed E-state index contributed by atoms with van der Waals surface area (Å²) in [5.74, 6) is 0.523. The Morgan fingerprint density at radius 3 is 2.52 bits per heavy atom. The molecule has 0 fully saturated rings. The quantitative estimate of drug-likeness (QED) is 0.646. The first kappa shape index (κ1) is 16.7. The maximum Gasteiger partial charge on any atom is 0.246 e. The fourth-order valence-corrected chi connectivity index (χ4v) is 2.70. The number of benzene rings is 2. The zero-order valence-corrected chi connectivity index (χ0v) is 14.1. The molecule has 1 unspecified atom stereocenters. The summed E-state index contributed by atoms with van der Waals surface area (Å²) < 4.78 is 5.36. The van der Waals surface area contributed by atoms with E-state index < -0.39 is 6.04 Å². The van der Waals surface area contributed by atoms with Gasteiger partial charge in [0.2, 0.25) is 5.91 Å². The molecule has 3 aromatic rings. The molecule has 3 rings (SSSR count). The van der Waals surface area contributed by atoms with Crippen molar-refractivity contribution in [2.24, 2.45) is 0 Å². The Morgan fingerprint density at radius 2 is 1.88 bits per heavy atom. The van der Waals surface area contributed by atoms with Gasteiger partial charge in [-0.05, 0) is 30.8 Å². The first-order valence-electron chi connectivity index (χ1n) is 7.93. The molecule has 2 aromatic carbocycles. The summed E-state index contributed by atoms with van der Waals surface area (Å²) >= 11 is 0. The van der Waals surface area contributed by atoms with Crippen LogP contribution in [-0.2, 0) is 4.79 Å². The van der Waals surface area contributed by atoms with Crippen molar-refractivity contribution in [1.29, 1.82) is 0 Å². The average molecular weight is 336 g/mol. The van der Waals surface area contributed by atoms with Crippen molar-refractivity contribution in [2.45, 2.75) is 6.04 Å². The molecule has 6 nitrogen and oxygen atoms in total. The lowest BCUT2D eigenvalue weighted by atomic mass is 10.0. The summed E-state index contributed by atoms with van der Waals surface area (Å²) in [6.45, 7) is 0. The Bertz CT molecular complexity index is 829. The average Bonchev–Trinajstić information content (AvgIpc) is 3.18. The predicted molar refractivity (Wildman–Crippen MR) is 97.4 cm³/mol. The van der Waals surface area contributed by atoms with Crippen LogP contribution < -0.4 is 15.4 Å². The van der Waals surface area contributed by atoms with Gasteiger partial charge in [-0.25, -0.2) is 0 Å². The number of hydrogen-bond donors (Lipinski definition) is 3. The molecule has 1 amide bonds. The van der Waals surface area contributed by atoms with E-state index in [4.69, 9.17) is 4.74 Å². The van der Waals surface area contributed by atoms with Gasteiger partial charge in [-0.1, -0.05) is 30.3 Å². The number of aromatic amines is 1. The van der Waals surface area contributed by atoms with E-state index in [1.54, 1.807) is 20.4 Å². The van der Waals surface area contributed by atoms with Crippen molar-refractivity contribution in [3.63, 3.8) is 0 Å². The molecule has 128 valence electrons. The van der Waals surface area contributed by atoms with Crippen LogP contribution in [0.5, 0.6) is 5.75 Å². The highest BCUT2D eigenvalue weighted by molar-refractivity contribution is 5.96. The highest BCUT2D eigenvalue weighted by Crippen LogP contribution is 2.26. The number of ether oxygens (including phenoxy) is 1. The molecule has 1 heterocycles. The number of rotatable bonds is 6. The number of methoxy groups -OCH3 is 1. The second kappa shape index (κ2) is 7.63. The van der Waals surface area contributed by atoms with Gasteiger partial charge in [0, 0.05) is 23.0 Å². The SMILES string of the molecule is CNC(C(=O)Nc1ccc(-c2cn[nH]c2)cc1)c1ccccc1OC. The molecule has 0 aliphatic rings. The normalized spacial score (nSPS) is 11.8. The minimum Gasteiger partial charge on any atom is -0.496 e. The fourth-order valence-electron chi connectivity index (χ4n) is 2.70. The van der Waals surface area contributed by atoms with Crippen molar-refractivity contribution < 1.29 is 9.53 Å². The Balaban J connectivity index is 1.76. The highest BCUT2D eigenvalue weighted by atomic mass is 16.5. The molecule has 3 N–H and O–H groups in total. The van der Waals surface area contributed by atoms with Gasteiger partial charge in [0.25, 0.3) is 0 Å². The zero-order valence-electron chi connectivity index (χ0n) is 14.1. The summed E-state index contributed by atoms with van der Waals surface area (Å²) in [6.07, 6.45) is 3.58. The van der Waals surface area contributed by atoms with Crippen molar-refractivity contribution in [3.8, 4) is 16.9 Å². The molecular formula is C19H20N4O2. The van der Waals surface area contributed by atoms with Gasteiger partial charge in [0.1, 0.15) is 11.8 Å². The van der Waals surface area contributed by atoms with Crippen molar-refractivity contribution in [3.05, 3.63) is 66.5 Å². The largest absolute Gasteiger partial charge is 0.496 e.